The number of fused-ring (bicyclic) bond motifs is 1. The highest BCUT2D eigenvalue weighted by Crippen LogP contribution is 2.34. The molecule has 0 bridgehead atoms. The van der Waals surface area contributed by atoms with Gasteiger partial charge in [0.05, 0.1) is 19.1 Å². The summed E-state index contributed by atoms with van der Waals surface area (Å²) in [5.41, 5.74) is 8.13. The summed E-state index contributed by atoms with van der Waals surface area (Å²) in [6.07, 6.45) is 9.30. The van der Waals surface area contributed by atoms with Gasteiger partial charge in [0.1, 0.15) is 12.4 Å². The number of ether oxygens (including phenoxy) is 3. The van der Waals surface area contributed by atoms with E-state index in [9.17, 15) is 4.79 Å². The summed E-state index contributed by atoms with van der Waals surface area (Å²) < 4.78 is 22.3. The highest BCUT2D eigenvalue weighted by Gasteiger charge is 2.22. The van der Waals surface area contributed by atoms with E-state index in [0.717, 1.165) is 90.6 Å². The Hall–Kier alpha value is -4.37. The predicted octanol–water partition coefficient (Wildman–Crippen LogP) is 7.80. The van der Waals surface area contributed by atoms with Crippen LogP contribution in [0.5, 0.6) is 5.75 Å². The normalized spacial score (nSPS) is 15.1. The number of hydrogen-bond acceptors (Lipinski definition) is 7. The van der Waals surface area contributed by atoms with Crippen LogP contribution in [0.15, 0.2) is 95.3 Å². The molecule has 8 nitrogen and oxygen atoms in total. The number of carbonyl (C=O) groups excluding carboxylic acids is 1. The van der Waals surface area contributed by atoms with E-state index in [-0.39, 0.29) is 5.91 Å². The SMILES string of the molecule is CCCOCCOc1ccc(-c2ccc3c(c2)C=C(C(=O)Nc2ccc(CN(C)C4CCOCC4)cc2)CCN3Cc2ccoc2)cc1. The van der Waals surface area contributed by atoms with Crippen molar-refractivity contribution in [2.75, 3.05) is 56.8 Å². The Morgan fingerprint density at radius 2 is 1.73 bits per heavy atom. The first-order valence-electron chi connectivity index (χ1n) is 17.2. The van der Waals surface area contributed by atoms with Crippen molar-refractivity contribution in [3.05, 3.63) is 108 Å². The number of hydrogen-bond donors (Lipinski definition) is 1. The van der Waals surface area contributed by atoms with Gasteiger partial charge in [-0.25, -0.2) is 0 Å². The van der Waals surface area contributed by atoms with Gasteiger partial charge in [0.25, 0.3) is 5.91 Å². The van der Waals surface area contributed by atoms with Crippen LogP contribution in [0.1, 0.15) is 49.3 Å². The van der Waals surface area contributed by atoms with Gasteiger partial charge in [-0.3, -0.25) is 9.69 Å². The van der Waals surface area contributed by atoms with Crippen molar-refractivity contribution in [3.8, 4) is 16.9 Å². The molecule has 0 spiro atoms. The van der Waals surface area contributed by atoms with Crippen LogP contribution in [-0.4, -0.2) is 63.5 Å². The zero-order chi connectivity index (χ0) is 33.1. The molecule has 3 aromatic carbocycles. The van der Waals surface area contributed by atoms with Gasteiger partial charge >= 0.3 is 0 Å². The Morgan fingerprint density at radius 1 is 0.938 bits per heavy atom. The standard InChI is InChI=1S/C40H47N3O5/c1-3-19-45-23-24-48-38-11-6-32(7-12-38)33-8-13-39-35(25-33)26-34(14-18-43(39)28-31-15-20-47-29-31)40(44)41-36-9-4-30(5-10-36)27-42(2)37-16-21-46-22-17-37/h4-13,15,20,25-26,29,37H,3,14,16-19,21-24,27-28H2,1-2H3,(H,41,44). The molecule has 8 heteroatoms. The van der Waals surface area contributed by atoms with E-state index < -0.39 is 0 Å². The number of benzene rings is 3. The van der Waals surface area contributed by atoms with Gasteiger partial charge < -0.3 is 28.8 Å². The largest absolute Gasteiger partial charge is 0.491 e. The van der Waals surface area contributed by atoms with E-state index in [2.05, 4.69) is 77.6 Å². The van der Waals surface area contributed by atoms with E-state index >= 15 is 0 Å². The number of furan rings is 1. The molecule has 1 N–H and O–H groups in total. The molecule has 0 unspecified atom stereocenters. The predicted molar refractivity (Wildman–Crippen MR) is 191 cm³/mol. The Balaban J connectivity index is 1.16. The molecule has 1 aromatic heterocycles. The Labute approximate surface area is 284 Å². The molecule has 4 aromatic rings. The first kappa shape index (κ1) is 33.5. The van der Waals surface area contributed by atoms with Crippen molar-refractivity contribution in [1.29, 1.82) is 0 Å². The van der Waals surface area contributed by atoms with Crippen LogP contribution in [0.25, 0.3) is 17.2 Å². The second-order valence-corrected chi connectivity index (χ2v) is 12.6. The molecule has 2 aliphatic rings. The summed E-state index contributed by atoms with van der Waals surface area (Å²) in [6, 6.07) is 25.4. The third-order valence-corrected chi connectivity index (χ3v) is 9.08. The lowest BCUT2D eigenvalue weighted by molar-refractivity contribution is -0.112. The highest BCUT2D eigenvalue weighted by atomic mass is 16.5. The molecule has 2 aliphatic heterocycles. The van der Waals surface area contributed by atoms with Crippen LogP contribution >= 0.6 is 0 Å². The molecule has 48 heavy (non-hydrogen) atoms. The second kappa shape index (κ2) is 16.6. The van der Waals surface area contributed by atoms with Gasteiger partial charge in [-0.2, -0.15) is 0 Å². The number of nitrogens with one attached hydrogen (secondary N) is 1. The van der Waals surface area contributed by atoms with Gasteiger partial charge in [0.2, 0.25) is 0 Å². The Kier molecular flexibility index (Phi) is 11.6. The van der Waals surface area contributed by atoms with E-state index in [1.54, 1.807) is 12.5 Å². The zero-order valence-corrected chi connectivity index (χ0v) is 28.2. The quantitative estimate of drug-likeness (QED) is 0.140. The maximum absolute atomic E-state index is 13.7. The van der Waals surface area contributed by atoms with Crippen molar-refractivity contribution in [2.45, 2.75) is 51.7 Å². The lowest BCUT2D eigenvalue weighted by Gasteiger charge is -2.31. The van der Waals surface area contributed by atoms with Crippen LogP contribution in [0.2, 0.25) is 0 Å². The van der Waals surface area contributed by atoms with E-state index in [4.69, 9.17) is 18.6 Å². The first-order chi connectivity index (χ1) is 23.6. The molecule has 6 rings (SSSR count). The fraction of sp³-hybridized carbons (Fsp3) is 0.375. The minimum atomic E-state index is -0.0759. The summed E-state index contributed by atoms with van der Waals surface area (Å²) in [7, 11) is 2.18. The number of rotatable bonds is 14. The number of carbonyl (C=O) groups is 1. The van der Waals surface area contributed by atoms with Crippen molar-refractivity contribution in [1.82, 2.24) is 4.90 Å². The molecule has 0 aliphatic carbocycles. The summed E-state index contributed by atoms with van der Waals surface area (Å²) in [5, 5.41) is 3.16. The average Bonchev–Trinajstić information content (AvgIpc) is 3.57. The molecule has 3 heterocycles. The Morgan fingerprint density at radius 3 is 2.48 bits per heavy atom. The molecule has 0 atom stereocenters. The summed E-state index contributed by atoms with van der Waals surface area (Å²) in [5.74, 6) is 0.742. The zero-order valence-electron chi connectivity index (χ0n) is 28.2. The summed E-state index contributed by atoms with van der Waals surface area (Å²) >= 11 is 0. The number of nitrogens with zero attached hydrogens (tertiary/aromatic N) is 2. The fourth-order valence-electron chi connectivity index (χ4n) is 6.38. The van der Waals surface area contributed by atoms with Gasteiger partial charge in [-0.05, 0) is 104 Å². The molecule has 0 saturated carbocycles. The van der Waals surface area contributed by atoms with Gasteiger partial charge in [0, 0.05) is 68.0 Å². The topological polar surface area (TPSA) is 76.4 Å². The lowest BCUT2D eigenvalue weighted by atomic mass is 10.00. The summed E-state index contributed by atoms with van der Waals surface area (Å²) in [6.45, 7) is 7.91. The van der Waals surface area contributed by atoms with Crippen LogP contribution in [-0.2, 0) is 27.4 Å². The number of anilines is 2. The fourth-order valence-corrected chi connectivity index (χ4v) is 6.38. The van der Waals surface area contributed by atoms with Gasteiger partial charge in [-0.15, -0.1) is 0 Å². The molecule has 0 radical (unpaired) electrons. The van der Waals surface area contributed by atoms with E-state index in [1.807, 2.05) is 30.3 Å². The molecular weight excluding hydrogens is 602 g/mol. The van der Waals surface area contributed by atoms with Crippen molar-refractivity contribution >= 4 is 23.4 Å². The summed E-state index contributed by atoms with van der Waals surface area (Å²) in [4.78, 5) is 18.4. The first-order valence-corrected chi connectivity index (χ1v) is 17.2. The Bertz CT molecular complexity index is 1630. The molecule has 1 saturated heterocycles. The van der Waals surface area contributed by atoms with Gasteiger partial charge in [-0.1, -0.05) is 37.3 Å². The van der Waals surface area contributed by atoms with Crippen LogP contribution in [0.4, 0.5) is 11.4 Å². The third-order valence-electron chi connectivity index (χ3n) is 9.08. The van der Waals surface area contributed by atoms with Gasteiger partial charge in [0.15, 0.2) is 0 Å². The van der Waals surface area contributed by atoms with Crippen LogP contribution < -0.4 is 15.0 Å². The molecular formula is C40H47N3O5. The average molecular weight is 650 g/mol. The van der Waals surface area contributed by atoms with Crippen LogP contribution in [0.3, 0.4) is 0 Å². The van der Waals surface area contributed by atoms with Crippen molar-refractivity contribution in [2.24, 2.45) is 0 Å². The maximum Gasteiger partial charge on any atom is 0.251 e. The molecule has 1 fully saturated rings. The monoisotopic (exact) mass is 649 g/mol. The lowest BCUT2D eigenvalue weighted by Crippen LogP contribution is -2.36. The molecule has 252 valence electrons. The third kappa shape index (κ3) is 8.95. The van der Waals surface area contributed by atoms with E-state index in [1.165, 1.54) is 5.56 Å². The molecule has 1 amide bonds. The van der Waals surface area contributed by atoms with E-state index in [0.29, 0.717) is 38.8 Å². The minimum absolute atomic E-state index is 0.0759. The van der Waals surface area contributed by atoms with Crippen molar-refractivity contribution in [3.63, 3.8) is 0 Å². The second-order valence-electron chi connectivity index (χ2n) is 12.6. The number of amides is 1. The highest BCUT2D eigenvalue weighted by molar-refractivity contribution is 6.07. The van der Waals surface area contributed by atoms with Crippen molar-refractivity contribution < 1.29 is 23.4 Å². The smallest absolute Gasteiger partial charge is 0.251 e. The van der Waals surface area contributed by atoms with Crippen LogP contribution in [0, 0.1) is 0 Å². The maximum atomic E-state index is 13.7. The minimum Gasteiger partial charge on any atom is -0.491 e.